The average Bonchev–Trinajstić information content (AvgIpc) is 2.86. The van der Waals surface area contributed by atoms with Crippen molar-refractivity contribution >= 4 is 11.9 Å². The number of carbonyl (C=O) groups is 2. The number of carboxylic acids is 1. The van der Waals surface area contributed by atoms with Crippen molar-refractivity contribution in [3.8, 4) is 0 Å². The monoisotopic (exact) mass is 302 g/mol. The molecule has 0 spiro atoms. The summed E-state index contributed by atoms with van der Waals surface area (Å²) >= 11 is 0. The van der Waals surface area contributed by atoms with E-state index in [0.29, 0.717) is 25.5 Å². The second-order valence-corrected chi connectivity index (χ2v) is 4.95. The maximum Gasteiger partial charge on any atom is 0.417 e. The average molecular weight is 302 g/mol. The van der Waals surface area contributed by atoms with Gasteiger partial charge in [-0.05, 0) is 31.4 Å². The molecule has 1 saturated carbocycles. The highest BCUT2D eigenvalue weighted by atomic mass is 19.4. The van der Waals surface area contributed by atoms with Crippen molar-refractivity contribution in [2.75, 3.05) is 0 Å². The second-order valence-electron chi connectivity index (χ2n) is 4.95. The van der Waals surface area contributed by atoms with Crippen LogP contribution in [0, 0.1) is 5.92 Å². The lowest BCUT2D eigenvalue weighted by atomic mass is 10.1. The molecule has 1 aliphatic rings. The summed E-state index contributed by atoms with van der Waals surface area (Å²) in [5, 5.41) is 11.4. The Morgan fingerprint density at radius 1 is 1.29 bits per heavy atom. The highest BCUT2D eigenvalue weighted by Gasteiger charge is 2.32. The fourth-order valence-electron chi connectivity index (χ4n) is 2.29. The Labute approximate surface area is 118 Å². The molecule has 1 aliphatic carbocycles. The summed E-state index contributed by atoms with van der Waals surface area (Å²) in [6.07, 6.45) is -2.57. The SMILES string of the molecule is O=C(NC1CCC(C(=O)O)C1)c1ccc(C(F)(F)F)cn1. The number of alkyl halides is 3. The molecule has 0 aliphatic heterocycles. The Bertz CT molecular complexity index is 543. The number of pyridine rings is 1. The summed E-state index contributed by atoms with van der Waals surface area (Å²) in [5.74, 6) is -1.99. The predicted molar refractivity (Wildman–Crippen MR) is 65.5 cm³/mol. The minimum absolute atomic E-state index is 0.123. The number of halogens is 3. The van der Waals surface area contributed by atoms with Crippen LogP contribution in [-0.2, 0) is 11.0 Å². The van der Waals surface area contributed by atoms with Gasteiger partial charge in [-0.25, -0.2) is 0 Å². The van der Waals surface area contributed by atoms with Gasteiger partial charge >= 0.3 is 12.1 Å². The number of aliphatic carboxylic acids is 1. The van der Waals surface area contributed by atoms with Gasteiger partial charge in [-0.1, -0.05) is 0 Å². The van der Waals surface area contributed by atoms with Crippen molar-refractivity contribution in [1.29, 1.82) is 0 Å². The van der Waals surface area contributed by atoms with Crippen LogP contribution in [0.15, 0.2) is 18.3 Å². The van der Waals surface area contributed by atoms with E-state index in [1.165, 1.54) is 0 Å². The third-order valence-corrected chi connectivity index (χ3v) is 3.44. The molecule has 0 saturated heterocycles. The number of nitrogens with one attached hydrogen (secondary N) is 1. The number of carboxylic acid groups (broad SMARTS) is 1. The highest BCUT2D eigenvalue weighted by Crippen LogP contribution is 2.28. The van der Waals surface area contributed by atoms with Crippen LogP contribution < -0.4 is 5.32 Å². The predicted octanol–water partition coefficient (Wildman–Crippen LogP) is 2.08. The van der Waals surface area contributed by atoms with Crippen LogP contribution in [0.3, 0.4) is 0 Å². The molecule has 0 radical (unpaired) electrons. The van der Waals surface area contributed by atoms with E-state index in [0.717, 1.165) is 12.1 Å². The molecule has 2 rings (SSSR count). The molecule has 2 N–H and O–H groups in total. The summed E-state index contributed by atoms with van der Waals surface area (Å²) in [4.78, 5) is 26.1. The van der Waals surface area contributed by atoms with Gasteiger partial charge in [-0.15, -0.1) is 0 Å². The van der Waals surface area contributed by atoms with Gasteiger partial charge in [0.05, 0.1) is 11.5 Å². The summed E-state index contributed by atoms with van der Waals surface area (Å²) in [7, 11) is 0. The normalized spacial score (nSPS) is 22.0. The molecule has 2 unspecified atom stereocenters. The van der Waals surface area contributed by atoms with Gasteiger partial charge in [0.1, 0.15) is 5.69 Å². The summed E-state index contributed by atoms with van der Waals surface area (Å²) < 4.78 is 37.1. The van der Waals surface area contributed by atoms with Gasteiger partial charge in [0.15, 0.2) is 0 Å². The number of aromatic nitrogens is 1. The fraction of sp³-hybridized carbons (Fsp3) is 0.462. The molecular weight excluding hydrogens is 289 g/mol. The first-order valence-corrected chi connectivity index (χ1v) is 6.34. The van der Waals surface area contributed by atoms with Crippen LogP contribution in [-0.4, -0.2) is 28.0 Å². The van der Waals surface area contributed by atoms with E-state index >= 15 is 0 Å². The van der Waals surface area contributed by atoms with Crippen LogP contribution in [0.2, 0.25) is 0 Å². The van der Waals surface area contributed by atoms with Gasteiger partial charge in [-0.2, -0.15) is 13.2 Å². The number of rotatable bonds is 3. The molecule has 0 aromatic carbocycles. The number of carbonyl (C=O) groups excluding carboxylic acids is 1. The van der Waals surface area contributed by atoms with E-state index < -0.39 is 29.5 Å². The maximum atomic E-state index is 12.4. The largest absolute Gasteiger partial charge is 0.481 e. The molecule has 5 nitrogen and oxygen atoms in total. The molecular formula is C13H13F3N2O3. The number of hydrogen-bond donors (Lipinski definition) is 2. The molecule has 21 heavy (non-hydrogen) atoms. The zero-order valence-electron chi connectivity index (χ0n) is 10.9. The Morgan fingerprint density at radius 3 is 2.48 bits per heavy atom. The smallest absolute Gasteiger partial charge is 0.417 e. The lowest BCUT2D eigenvalue weighted by Crippen LogP contribution is -2.33. The molecule has 2 atom stereocenters. The molecule has 1 fully saturated rings. The zero-order valence-corrected chi connectivity index (χ0v) is 10.9. The van der Waals surface area contributed by atoms with Crippen molar-refractivity contribution in [3.05, 3.63) is 29.6 Å². The van der Waals surface area contributed by atoms with Gasteiger partial charge in [0.2, 0.25) is 0 Å². The van der Waals surface area contributed by atoms with E-state index in [9.17, 15) is 22.8 Å². The Morgan fingerprint density at radius 2 is 2.00 bits per heavy atom. The molecule has 1 aromatic heterocycles. The lowest BCUT2D eigenvalue weighted by Gasteiger charge is -2.12. The second kappa shape index (κ2) is 5.71. The standard InChI is InChI=1S/C13H13F3N2O3/c14-13(15,16)8-2-4-10(17-6-8)11(19)18-9-3-1-7(5-9)12(20)21/h2,4,6-7,9H,1,3,5H2,(H,18,19)(H,20,21). The summed E-state index contributed by atoms with van der Waals surface area (Å²) in [6, 6.07) is 1.50. The van der Waals surface area contributed by atoms with E-state index in [4.69, 9.17) is 5.11 Å². The summed E-state index contributed by atoms with van der Waals surface area (Å²) in [5.41, 5.74) is -1.05. The van der Waals surface area contributed by atoms with Crippen LogP contribution in [0.4, 0.5) is 13.2 Å². The van der Waals surface area contributed by atoms with Crippen molar-refractivity contribution in [3.63, 3.8) is 0 Å². The third-order valence-electron chi connectivity index (χ3n) is 3.44. The van der Waals surface area contributed by atoms with E-state index in [-0.39, 0.29) is 11.7 Å². The molecule has 8 heteroatoms. The first-order chi connectivity index (χ1) is 9.77. The lowest BCUT2D eigenvalue weighted by molar-refractivity contribution is -0.141. The Kier molecular flexibility index (Phi) is 4.15. The van der Waals surface area contributed by atoms with Crippen molar-refractivity contribution in [2.24, 2.45) is 5.92 Å². The summed E-state index contributed by atoms with van der Waals surface area (Å²) in [6.45, 7) is 0. The minimum atomic E-state index is -4.50. The zero-order chi connectivity index (χ0) is 15.6. The van der Waals surface area contributed by atoms with Crippen LogP contribution >= 0.6 is 0 Å². The molecule has 114 valence electrons. The molecule has 0 bridgehead atoms. The third kappa shape index (κ3) is 3.71. The van der Waals surface area contributed by atoms with Crippen molar-refractivity contribution < 1.29 is 27.9 Å². The quantitative estimate of drug-likeness (QED) is 0.896. The van der Waals surface area contributed by atoms with Crippen LogP contribution in [0.1, 0.15) is 35.3 Å². The molecule has 1 amide bonds. The number of hydrogen-bond acceptors (Lipinski definition) is 3. The Hall–Kier alpha value is -2.12. The van der Waals surface area contributed by atoms with E-state index in [2.05, 4.69) is 10.3 Å². The minimum Gasteiger partial charge on any atom is -0.481 e. The molecule has 1 heterocycles. The van der Waals surface area contributed by atoms with Crippen molar-refractivity contribution in [2.45, 2.75) is 31.5 Å². The number of amides is 1. The van der Waals surface area contributed by atoms with Crippen molar-refractivity contribution in [1.82, 2.24) is 10.3 Å². The molecule has 1 aromatic rings. The maximum absolute atomic E-state index is 12.4. The van der Waals surface area contributed by atoms with Gasteiger partial charge in [-0.3, -0.25) is 14.6 Å². The number of nitrogens with zero attached hydrogens (tertiary/aromatic N) is 1. The Balaban J connectivity index is 1.97. The van der Waals surface area contributed by atoms with Crippen LogP contribution in [0.25, 0.3) is 0 Å². The highest BCUT2D eigenvalue weighted by molar-refractivity contribution is 5.92. The van der Waals surface area contributed by atoms with E-state index in [1.54, 1.807) is 0 Å². The first kappa shape index (κ1) is 15.3. The van der Waals surface area contributed by atoms with Gasteiger partial charge in [0.25, 0.3) is 5.91 Å². The van der Waals surface area contributed by atoms with E-state index in [1.807, 2.05) is 0 Å². The topological polar surface area (TPSA) is 79.3 Å². The van der Waals surface area contributed by atoms with Gasteiger partial charge in [0, 0.05) is 12.2 Å². The fourth-order valence-corrected chi connectivity index (χ4v) is 2.29. The first-order valence-electron chi connectivity index (χ1n) is 6.34. The van der Waals surface area contributed by atoms with Crippen LogP contribution in [0.5, 0.6) is 0 Å². The van der Waals surface area contributed by atoms with Gasteiger partial charge < -0.3 is 10.4 Å².